The van der Waals surface area contributed by atoms with E-state index in [1.165, 1.54) is 0 Å². The Kier molecular flexibility index (Phi) is 7.34. The van der Waals surface area contributed by atoms with E-state index in [-0.39, 0.29) is 11.9 Å². The highest BCUT2D eigenvalue weighted by Gasteiger charge is 2.22. The number of nitrogens with one attached hydrogen (secondary N) is 2. The largest absolute Gasteiger partial charge is 0.382 e. The summed E-state index contributed by atoms with van der Waals surface area (Å²) in [6.07, 6.45) is 7.73. The third-order valence-electron chi connectivity index (χ3n) is 5.87. The Morgan fingerprint density at radius 2 is 1.94 bits per heavy atom. The second-order valence-electron chi connectivity index (χ2n) is 8.21. The standard InChI is InChI=1S/C24H31N5O3/c1-17(30)26-19-6-8-20(9-7-19)27-24-25-12-10-23(28-24)29-13-11-21-18(4-3-5-22(21)29)16-32-15-14-31-2/h3-5,10-13,19-20H,6-9,14-16H2,1-2H3,(H,26,30)(H,25,27,28). The molecule has 1 fully saturated rings. The number of ether oxygens (including phenoxy) is 2. The van der Waals surface area contributed by atoms with E-state index >= 15 is 0 Å². The molecule has 8 heteroatoms. The predicted molar refractivity (Wildman–Crippen MR) is 124 cm³/mol. The Labute approximate surface area is 188 Å². The van der Waals surface area contributed by atoms with Crippen LogP contribution in [0, 0.1) is 0 Å². The van der Waals surface area contributed by atoms with E-state index < -0.39 is 0 Å². The van der Waals surface area contributed by atoms with Crippen LogP contribution in [0.5, 0.6) is 0 Å². The summed E-state index contributed by atoms with van der Waals surface area (Å²) in [7, 11) is 1.67. The maximum Gasteiger partial charge on any atom is 0.224 e. The first-order chi connectivity index (χ1) is 15.6. The van der Waals surface area contributed by atoms with Crippen molar-refractivity contribution in [1.82, 2.24) is 19.9 Å². The van der Waals surface area contributed by atoms with Crippen molar-refractivity contribution in [3.63, 3.8) is 0 Å². The average molecular weight is 438 g/mol. The van der Waals surface area contributed by atoms with Crippen molar-refractivity contribution in [2.24, 2.45) is 0 Å². The van der Waals surface area contributed by atoms with E-state index in [4.69, 9.17) is 14.5 Å². The zero-order chi connectivity index (χ0) is 22.3. The number of hydrogen-bond acceptors (Lipinski definition) is 6. The van der Waals surface area contributed by atoms with Gasteiger partial charge in [0.05, 0.1) is 25.3 Å². The lowest BCUT2D eigenvalue weighted by Crippen LogP contribution is -2.39. The molecule has 32 heavy (non-hydrogen) atoms. The molecule has 1 saturated carbocycles. The van der Waals surface area contributed by atoms with Gasteiger partial charge in [-0.05, 0) is 49.4 Å². The topological polar surface area (TPSA) is 90.3 Å². The second-order valence-corrected chi connectivity index (χ2v) is 8.21. The fourth-order valence-corrected chi connectivity index (χ4v) is 4.29. The predicted octanol–water partition coefficient (Wildman–Crippen LogP) is 3.44. The quantitative estimate of drug-likeness (QED) is 0.499. The summed E-state index contributed by atoms with van der Waals surface area (Å²) in [5.74, 6) is 1.49. The van der Waals surface area contributed by atoms with E-state index in [1.54, 1.807) is 20.2 Å². The number of benzene rings is 1. The lowest BCUT2D eigenvalue weighted by atomic mass is 9.91. The molecule has 170 valence electrons. The van der Waals surface area contributed by atoms with Crippen molar-refractivity contribution >= 4 is 22.8 Å². The van der Waals surface area contributed by atoms with E-state index in [2.05, 4.69) is 38.4 Å². The first-order valence-corrected chi connectivity index (χ1v) is 11.2. The highest BCUT2D eigenvalue weighted by atomic mass is 16.5. The number of rotatable bonds is 9. The number of carbonyl (C=O) groups is 1. The zero-order valence-electron chi connectivity index (χ0n) is 18.7. The van der Waals surface area contributed by atoms with Gasteiger partial charge in [0.15, 0.2) is 0 Å². The van der Waals surface area contributed by atoms with Gasteiger partial charge in [-0.1, -0.05) is 12.1 Å². The summed E-state index contributed by atoms with van der Waals surface area (Å²) >= 11 is 0. The molecule has 0 spiro atoms. The summed E-state index contributed by atoms with van der Waals surface area (Å²) in [6, 6.07) is 10.8. The van der Waals surface area contributed by atoms with Crippen LogP contribution >= 0.6 is 0 Å². The van der Waals surface area contributed by atoms with Crippen LogP contribution in [0.3, 0.4) is 0 Å². The number of aromatic nitrogens is 3. The van der Waals surface area contributed by atoms with E-state index in [1.807, 2.05) is 18.3 Å². The molecule has 0 radical (unpaired) electrons. The molecule has 2 N–H and O–H groups in total. The highest BCUT2D eigenvalue weighted by Crippen LogP contribution is 2.25. The van der Waals surface area contributed by atoms with Crippen molar-refractivity contribution in [2.75, 3.05) is 25.6 Å². The molecule has 3 aromatic rings. The molecule has 2 aromatic heterocycles. The summed E-state index contributed by atoms with van der Waals surface area (Å²) < 4.78 is 12.8. The van der Waals surface area contributed by atoms with Gasteiger partial charge in [0.1, 0.15) is 5.82 Å². The number of fused-ring (bicyclic) bond motifs is 1. The highest BCUT2D eigenvalue weighted by molar-refractivity contribution is 5.85. The Hall–Kier alpha value is -2.97. The molecule has 1 aliphatic carbocycles. The molecule has 8 nitrogen and oxygen atoms in total. The van der Waals surface area contributed by atoms with Crippen LogP contribution < -0.4 is 10.6 Å². The minimum Gasteiger partial charge on any atom is -0.382 e. The summed E-state index contributed by atoms with van der Waals surface area (Å²) in [4.78, 5) is 20.5. The third kappa shape index (κ3) is 5.44. The van der Waals surface area contributed by atoms with Crippen molar-refractivity contribution in [3.8, 4) is 5.82 Å². The second kappa shape index (κ2) is 10.6. The van der Waals surface area contributed by atoms with Crippen LogP contribution in [-0.4, -0.2) is 52.8 Å². The van der Waals surface area contributed by atoms with Gasteiger partial charge in [0, 0.05) is 43.9 Å². The van der Waals surface area contributed by atoms with Gasteiger partial charge in [-0.3, -0.25) is 4.79 Å². The SMILES string of the molecule is COCCOCc1cccc2c1ccn2-c1ccnc(NC2CCC(NC(C)=O)CC2)n1. The average Bonchev–Trinajstić information content (AvgIpc) is 3.23. The smallest absolute Gasteiger partial charge is 0.224 e. The molecular weight excluding hydrogens is 406 g/mol. The van der Waals surface area contributed by atoms with E-state index in [9.17, 15) is 4.79 Å². The van der Waals surface area contributed by atoms with Crippen LogP contribution in [0.2, 0.25) is 0 Å². The van der Waals surface area contributed by atoms with Gasteiger partial charge in [-0.2, -0.15) is 4.98 Å². The van der Waals surface area contributed by atoms with Gasteiger partial charge in [0.2, 0.25) is 11.9 Å². The van der Waals surface area contributed by atoms with Crippen LogP contribution in [-0.2, 0) is 20.9 Å². The van der Waals surface area contributed by atoms with Gasteiger partial charge in [-0.25, -0.2) is 4.98 Å². The van der Waals surface area contributed by atoms with Crippen molar-refractivity contribution in [1.29, 1.82) is 0 Å². The zero-order valence-corrected chi connectivity index (χ0v) is 18.7. The van der Waals surface area contributed by atoms with Gasteiger partial charge < -0.3 is 24.7 Å². The molecule has 0 bridgehead atoms. The molecule has 1 aromatic carbocycles. The minimum atomic E-state index is 0.0427. The molecule has 2 heterocycles. The maximum absolute atomic E-state index is 11.3. The molecule has 0 atom stereocenters. The molecular formula is C24H31N5O3. The van der Waals surface area contributed by atoms with Crippen LogP contribution in [0.15, 0.2) is 42.7 Å². The summed E-state index contributed by atoms with van der Waals surface area (Å²) in [6.45, 7) is 3.28. The fraction of sp³-hybridized carbons (Fsp3) is 0.458. The Morgan fingerprint density at radius 3 is 2.72 bits per heavy atom. The molecule has 4 rings (SSSR count). The van der Waals surface area contributed by atoms with Crippen molar-refractivity contribution in [3.05, 3.63) is 48.3 Å². The number of nitrogens with zero attached hydrogens (tertiary/aromatic N) is 3. The first kappa shape index (κ1) is 22.2. The summed E-state index contributed by atoms with van der Waals surface area (Å²) in [5, 5.41) is 7.64. The Bertz CT molecular complexity index is 1040. The molecule has 0 aliphatic heterocycles. The lowest BCUT2D eigenvalue weighted by Gasteiger charge is -2.29. The Balaban J connectivity index is 1.45. The number of amides is 1. The van der Waals surface area contributed by atoms with Crippen LogP contribution in [0.1, 0.15) is 38.2 Å². The molecule has 0 saturated heterocycles. The number of carbonyl (C=O) groups excluding carboxylic acids is 1. The van der Waals surface area contributed by atoms with Crippen molar-refractivity contribution in [2.45, 2.75) is 51.3 Å². The maximum atomic E-state index is 11.3. The number of hydrogen-bond donors (Lipinski definition) is 2. The van der Waals surface area contributed by atoms with E-state index in [0.29, 0.717) is 31.8 Å². The van der Waals surface area contributed by atoms with E-state index in [0.717, 1.165) is 48.0 Å². The van der Waals surface area contributed by atoms with Gasteiger partial charge in [0.25, 0.3) is 0 Å². The summed E-state index contributed by atoms with van der Waals surface area (Å²) in [5.41, 5.74) is 2.22. The van der Waals surface area contributed by atoms with Gasteiger partial charge in [-0.15, -0.1) is 0 Å². The van der Waals surface area contributed by atoms with Crippen molar-refractivity contribution < 1.29 is 14.3 Å². The number of anilines is 1. The third-order valence-corrected chi connectivity index (χ3v) is 5.87. The molecule has 0 unspecified atom stereocenters. The normalized spacial score (nSPS) is 18.6. The lowest BCUT2D eigenvalue weighted by molar-refractivity contribution is -0.119. The first-order valence-electron chi connectivity index (χ1n) is 11.2. The van der Waals surface area contributed by atoms with Crippen LogP contribution in [0.25, 0.3) is 16.7 Å². The van der Waals surface area contributed by atoms with Gasteiger partial charge >= 0.3 is 0 Å². The minimum absolute atomic E-state index is 0.0427. The fourth-order valence-electron chi connectivity index (χ4n) is 4.29. The molecule has 1 aliphatic rings. The molecule has 1 amide bonds. The Morgan fingerprint density at radius 1 is 1.12 bits per heavy atom. The monoisotopic (exact) mass is 437 g/mol. The van der Waals surface area contributed by atoms with Crippen LogP contribution in [0.4, 0.5) is 5.95 Å². The number of methoxy groups -OCH3 is 1.